The summed E-state index contributed by atoms with van der Waals surface area (Å²) < 4.78 is 11.4. The van der Waals surface area contributed by atoms with E-state index in [1.165, 1.54) is 0 Å². The van der Waals surface area contributed by atoms with Gasteiger partial charge in [0.05, 0.1) is 6.54 Å². The van der Waals surface area contributed by atoms with Crippen molar-refractivity contribution in [3.63, 3.8) is 0 Å². The van der Waals surface area contributed by atoms with E-state index in [4.69, 9.17) is 9.26 Å². The molecule has 1 spiro atoms. The number of aromatic nitrogens is 2. The normalized spacial score (nSPS) is 24.2. The van der Waals surface area contributed by atoms with E-state index >= 15 is 0 Å². The van der Waals surface area contributed by atoms with E-state index in [1.54, 1.807) is 0 Å². The number of piperidine rings is 1. The molecular formula is C17H19N3O2. The van der Waals surface area contributed by atoms with Crippen LogP contribution in [0.25, 0.3) is 6.08 Å². The summed E-state index contributed by atoms with van der Waals surface area (Å²) in [6.07, 6.45) is 6.53. The van der Waals surface area contributed by atoms with E-state index in [0.717, 1.165) is 43.1 Å². The molecule has 4 rings (SSSR count). The molecule has 5 nitrogen and oxygen atoms in total. The first-order valence-electron chi connectivity index (χ1n) is 7.71. The highest BCUT2D eigenvalue weighted by atomic mass is 16.5. The first-order chi connectivity index (χ1) is 10.7. The Hall–Kier alpha value is -2.14. The second-order valence-electron chi connectivity index (χ2n) is 6.08. The number of hydrogen-bond acceptors (Lipinski definition) is 5. The molecule has 2 aliphatic rings. The van der Waals surface area contributed by atoms with E-state index in [0.29, 0.717) is 12.4 Å². The van der Waals surface area contributed by atoms with Crippen molar-refractivity contribution in [2.24, 2.45) is 0 Å². The minimum Gasteiger partial charge on any atom is -0.481 e. The second-order valence-corrected chi connectivity index (χ2v) is 6.08. The lowest BCUT2D eigenvalue weighted by molar-refractivity contribution is 0.0228. The van der Waals surface area contributed by atoms with Crippen LogP contribution in [0.15, 0.2) is 34.9 Å². The number of rotatable bonds is 2. The molecule has 22 heavy (non-hydrogen) atoms. The van der Waals surface area contributed by atoms with E-state index in [-0.39, 0.29) is 5.60 Å². The van der Waals surface area contributed by atoms with Crippen molar-refractivity contribution in [1.82, 2.24) is 15.0 Å². The van der Waals surface area contributed by atoms with Crippen molar-refractivity contribution in [2.75, 3.05) is 13.1 Å². The van der Waals surface area contributed by atoms with Gasteiger partial charge in [-0.2, -0.15) is 4.98 Å². The Morgan fingerprint density at radius 3 is 3.09 bits per heavy atom. The molecule has 1 atom stereocenters. The third-order valence-electron chi connectivity index (χ3n) is 4.30. The van der Waals surface area contributed by atoms with Gasteiger partial charge in [-0.15, -0.1) is 0 Å². The Morgan fingerprint density at radius 1 is 1.32 bits per heavy atom. The fraction of sp³-hybridized carbons (Fsp3) is 0.412. The highest BCUT2D eigenvalue weighted by Crippen LogP contribution is 2.36. The number of fused-ring (bicyclic) bond motifs is 1. The van der Waals surface area contributed by atoms with Gasteiger partial charge in [0.15, 0.2) is 5.82 Å². The summed E-state index contributed by atoms with van der Waals surface area (Å²) in [5.74, 6) is 2.33. The molecule has 2 aliphatic heterocycles. The van der Waals surface area contributed by atoms with Crippen LogP contribution < -0.4 is 4.74 Å². The molecule has 1 fully saturated rings. The SMILES string of the molecule is Cc1nc(CN2CCCC3(C=Cc4ccccc4O3)C2)no1. The van der Waals surface area contributed by atoms with Gasteiger partial charge < -0.3 is 9.26 Å². The Bertz CT molecular complexity index is 709. The number of ether oxygens (including phenoxy) is 1. The van der Waals surface area contributed by atoms with Crippen molar-refractivity contribution >= 4 is 6.08 Å². The molecule has 1 saturated heterocycles. The predicted octanol–water partition coefficient (Wildman–Crippen LogP) is 2.82. The number of aryl methyl sites for hydroxylation is 1. The van der Waals surface area contributed by atoms with Crippen molar-refractivity contribution in [2.45, 2.75) is 31.9 Å². The third-order valence-corrected chi connectivity index (χ3v) is 4.30. The molecule has 0 radical (unpaired) electrons. The van der Waals surface area contributed by atoms with E-state index in [2.05, 4.69) is 33.3 Å². The molecule has 1 unspecified atom stereocenters. The first-order valence-corrected chi connectivity index (χ1v) is 7.71. The summed E-state index contributed by atoms with van der Waals surface area (Å²) in [6.45, 7) is 4.41. The van der Waals surface area contributed by atoms with Crippen LogP contribution in [0.1, 0.15) is 30.1 Å². The van der Waals surface area contributed by atoms with Crippen LogP contribution in [0, 0.1) is 6.92 Å². The van der Waals surface area contributed by atoms with Crippen LogP contribution >= 0.6 is 0 Å². The summed E-state index contributed by atoms with van der Waals surface area (Å²) in [5, 5.41) is 3.99. The fourth-order valence-electron chi connectivity index (χ4n) is 3.30. The van der Waals surface area contributed by atoms with Crippen LogP contribution in [0.3, 0.4) is 0 Å². The zero-order valence-corrected chi connectivity index (χ0v) is 12.7. The Kier molecular flexibility index (Phi) is 3.22. The van der Waals surface area contributed by atoms with Crippen LogP contribution in [-0.4, -0.2) is 33.7 Å². The molecule has 0 saturated carbocycles. The van der Waals surface area contributed by atoms with Crippen LogP contribution in [0.2, 0.25) is 0 Å². The molecular weight excluding hydrogens is 278 g/mol. The number of hydrogen-bond donors (Lipinski definition) is 0. The fourth-order valence-corrected chi connectivity index (χ4v) is 3.30. The maximum Gasteiger partial charge on any atom is 0.223 e. The highest BCUT2D eigenvalue weighted by Gasteiger charge is 2.37. The van der Waals surface area contributed by atoms with Gasteiger partial charge in [0.25, 0.3) is 0 Å². The average Bonchev–Trinajstić information content (AvgIpc) is 2.92. The standard InChI is InChI=1S/C17H19N3O2/c1-13-18-16(19-22-13)11-20-10-4-8-17(12-20)9-7-14-5-2-3-6-15(14)21-17/h2-3,5-7,9H,4,8,10-12H2,1H3. The van der Waals surface area contributed by atoms with Crippen molar-refractivity contribution in [3.8, 4) is 5.75 Å². The third kappa shape index (κ3) is 2.52. The first kappa shape index (κ1) is 13.5. The summed E-state index contributed by atoms with van der Waals surface area (Å²) in [5.41, 5.74) is 0.921. The predicted molar refractivity (Wildman–Crippen MR) is 82.4 cm³/mol. The van der Waals surface area contributed by atoms with Gasteiger partial charge in [-0.3, -0.25) is 4.90 Å². The zero-order valence-electron chi connectivity index (χ0n) is 12.7. The van der Waals surface area contributed by atoms with Gasteiger partial charge in [-0.25, -0.2) is 0 Å². The molecule has 0 N–H and O–H groups in total. The zero-order chi connectivity index (χ0) is 15.0. The Balaban J connectivity index is 1.52. The largest absolute Gasteiger partial charge is 0.481 e. The molecule has 1 aromatic heterocycles. The lowest BCUT2D eigenvalue weighted by atomic mass is 9.89. The van der Waals surface area contributed by atoms with Gasteiger partial charge in [-0.05, 0) is 31.5 Å². The highest BCUT2D eigenvalue weighted by molar-refractivity contribution is 5.61. The van der Waals surface area contributed by atoms with Gasteiger partial charge in [0, 0.05) is 19.0 Å². The summed E-state index contributed by atoms with van der Waals surface area (Å²) >= 11 is 0. The van der Waals surface area contributed by atoms with Crippen molar-refractivity contribution < 1.29 is 9.26 Å². The van der Waals surface area contributed by atoms with Gasteiger partial charge in [0.2, 0.25) is 5.89 Å². The molecule has 2 aromatic rings. The molecule has 5 heteroatoms. The second kappa shape index (κ2) is 5.25. The minimum atomic E-state index is -0.231. The Morgan fingerprint density at radius 2 is 2.23 bits per heavy atom. The van der Waals surface area contributed by atoms with Crippen LogP contribution in [0.4, 0.5) is 0 Å². The van der Waals surface area contributed by atoms with E-state index in [1.807, 2.05) is 25.1 Å². The molecule has 3 heterocycles. The summed E-state index contributed by atoms with van der Waals surface area (Å²) in [4.78, 5) is 6.64. The monoisotopic (exact) mass is 297 g/mol. The lowest BCUT2D eigenvalue weighted by Gasteiger charge is -2.42. The van der Waals surface area contributed by atoms with Gasteiger partial charge in [0.1, 0.15) is 11.4 Å². The van der Waals surface area contributed by atoms with Crippen LogP contribution in [-0.2, 0) is 6.54 Å². The van der Waals surface area contributed by atoms with Crippen molar-refractivity contribution in [3.05, 3.63) is 47.6 Å². The number of para-hydroxylation sites is 1. The number of benzene rings is 1. The minimum absolute atomic E-state index is 0.231. The van der Waals surface area contributed by atoms with E-state index in [9.17, 15) is 0 Å². The maximum atomic E-state index is 6.34. The number of likely N-dealkylation sites (tertiary alicyclic amines) is 1. The molecule has 114 valence electrons. The maximum absolute atomic E-state index is 6.34. The van der Waals surface area contributed by atoms with Gasteiger partial charge in [-0.1, -0.05) is 29.4 Å². The lowest BCUT2D eigenvalue weighted by Crippen LogP contribution is -2.51. The van der Waals surface area contributed by atoms with Gasteiger partial charge >= 0.3 is 0 Å². The van der Waals surface area contributed by atoms with E-state index < -0.39 is 0 Å². The number of nitrogens with zero attached hydrogens (tertiary/aromatic N) is 3. The van der Waals surface area contributed by atoms with Crippen molar-refractivity contribution in [1.29, 1.82) is 0 Å². The average molecular weight is 297 g/mol. The summed E-state index contributed by atoms with van der Waals surface area (Å²) in [6, 6.07) is 8.19. The summed E-state index contributed by atoms with van der Waals surface area (Å²) in [7, 11) is 0. The smallest absolute Gasteiger partial charge is 0.223 e. The molecule has 0 bridgehead atoms. The molecule has 0 amide bonds. The molecule has 0 aliphatic carbocycles. The molecule has 1 aromatic carbocycles. The van der Waals surface area contributed by atoms with Crippen LogP contribution in [0.5, 0.6) is 5.75 Å². The quantitative estimate of drug-likeness (QED) is 0.853. The Labute approximate surface area is 129 Å². The topological polar surface area (TPSA) is 51.4 Å².